The first-order chi connectivity index (χ1) is 10.1. The first-order valence-electron chi connectivity index (χ1n) is 6.56. The monoisotopic (exact) mass is 290 g/mol. The predicted octanol–water partition coefficient (Wildman–Crippen LogP) is 3.00. The Bertz CT molecular complexity index is 644. The maximum Gasteiger partial charge on any atom is 0.238 e. The van der Waals surface area contributed by atoms with Gasteiger partial charge in [-0.3, -0.25) is 4.79 Å². The largest absolute Gasteiger partial charge is 0.325 e. The summed E-state index contributed by atoms with van der Waals surface area (Å²) in [5, 5.41) is 5.67. The Kier molecular flexibility index (Phi) is 5.00. The molecular weight excluding hydrogens is 274 g/mol. The van der Waals surface area contributed by atoms with Crippen LogP contribution in [-0.2, 0) is 11.3 Å². The van der Waals surface area contributed by atoms with Crippen molar-refractivity contribution >= 4 is 11.6 Å². The summed E-state index contributed by atoms with van der Waals surface area (Å²) < 4.78 is 25.8. The number of carbonyl (C=O) groups excluding carboxylic acids is 1. The maximum absolute atomic E-state index is 13.0. The van der Waals surface area contributed by atoms with Gasteiger partial charge in [-0.1, -0.05) is 24.3 Å². The number of hydrogen-bond acceptors (Lipinski definition) is 2. The quantitative estimate of drug-likeness (QED) is 0.889. The molecule has 0 heterocycles. The highest BCUT2D eigenvalue weighted by Gasteiger charge is 2.05. The fourth-order valence-corrected chi connectivity index (χ4v) is 1.88. The third kappa shape index (κ3) is 4.36. The molecule has 5 heteroatoms. The Balaban J connectivity index is 1.82. The van der Waals surface area contributed by atoms with Crippen molar-refractivity contribution in [3.05, 3.63) is 65.2 Å². The Morgan fingerprint density at radius 2 is 1.86 bits per heavy atom. The molecular formula is C16H16F2N2O. The zero-order valence-electron chi connectivity index (χ0n) is 11.6. The van der Waals surface area contributed by atoms with Crippen LogP contribution in [0.15, 0.2) is 42.5 Å². The van der Waals surface area contributed by atoms with Crippen LogP contribution in [0.25, 0.3) is 0 Å². The van der Waals surface area contributed by atoms with Crippen molar-refractivity contribution in [3.8, 4) is 0 Å². The number of benzene rings is 2. The van der Waals surface area contributed by atoms with E-state index in [4.69, 9.17) is 0 Å². The summed E-state index contributed by atoms with van der Waals surface area (Å²) in [4.78, 5) is 11.8. The molecule has 2 aromatic rings. The van der Waals surface area contributed by atoms with E-state index >= 15 is 0 Å². The van der Waals surface area contributed by atoms with Crippen LogP contribution >= 0.6 is 0 Å². The fraction of sp³-hybridized carbons (Fsp3) is 0.188. The molecule has 0 aliphatic heterocycles. The van der Waals surface area contributed by atoms with E-state index in [2.05, 4.69) is 10.6 Å². The van der Waals surface area contributed by atoms with E-state index in [1.54, 1.807) is 0 Å². The normalized spacial score (nSPS) is 10.4. The van der Waals surface area contributed by atoms with Crippen molar-refractivity contribution in [2.75, 3.05) is 11.9 Å². The second-order valence-electron chi connectivity index (χ2n) is 4.72. The van der Waals surface area contributed by atoms with Crippen LogP contribution in [0.3, 0.4) is 0 Å². The molecule has 0 fully saturated rings. The highest BCUT2D eigenvalue weighted by Crippen LogP contribution is 2.12. The summed E-state index contributed by atoms with van der Waals surface area (Å²) in [5.74, 6) is -1.96. The summed E-state index contributed by atoms with van der Waals surface area (Å²) in [7, 11) is 0. The predicted molar refractivity (Wildman–Crippen MR) is 77.9 cm³/mol. The van der Waals surface area contributed by atoms with Crippen LogP contribution < -0.4 is 10.6 Å². The number of amides is 1. The van der Waals surface area contributed by atoms with E-state index in [-0.39, 0.29) is 12.5 Å². The average Bonchev–Trinajstić information content (AvgIpc) is 2.45. The van der Waals surface area contributed by atoms with Gasteiger partial charge in [-0.15, -0.1) is 0 Å². The second kappa shape index (κ2) is 6.95. The maximum atomic E-state index is 13.0. The molecule has 0 radical (unpaired) electrons. The van der Waals surface area contributed by atoms with Gasteiger partial charge in [-0.05, 0) is 36.2 Å². The molecule has 0 saturated heterocycles. The Morgan fingerprint density at radius 1 is 1.10 bits per heavy atom. The van der Waals surface area contributed by atoms with Gasteiger partial charge in [0.15, 0.2) is 11.6 Å². The molecule has 0 aliphatic rings. The van der Waals surface area contributed by atoms with Crippen molar-refractivity contribution in [1.82, 2.24) is 5.32 Å². The van der Waals surface area contributed by atoms with E-state index in [1.807, 2.05) is 31.2 Å². The van der Waals surface area contributed by atoms with E-state index in [0.717, 1.165) is 23.4 Å². The molecule has 2 N–H and O–H groups in total. The van der Waals surface area contributed by atoms with Gasteiger partial charge >= 0.3 is 0 Å². The Labute approximate surface area is 122 Å². The molecule has 0 aliphatic carbocycles. The minimum absolute atomic E-state index is 0.0906. The van der Waals surface area contributed by atoms with E-state index < -0.39 is 11.6 Å². The topological polar surface area (TPSA) is 41.1 Å². The van der Waals surface area contributed by atoms with Crippen molar-refractivity contribution < 1.29 is 13.6 Å². The molecule has 0 bridgehead atoms. The zero-order chi connectivity index (χ0) is 15.2. The minimum atomic E-state index is -0.890. The standard InChI is InChI=1S/C16H16F2N2O/c1-11-4-2-3-5-15(11)20-16(21)10-19-9-12-6-7-13(17)14(18)8-12/h2-8,19H,9-10H2,1H3,(H,20,21). The number of rotatable bonds is 5. The van der Waals surface area contributed by atoms with Gasteiger partial charge in [0.1, 0.15) is 0 Å². The van der Waals surface area contributed by atoms with Gasteiger partial charge in [-0.2, -0.15) is 0 Å². The number of hydrogen-bond donors (Lipinski definition) is 2. The molecule has 2 aromatic carbocycles. The minimum Gasteiger partial charge on any atom is -0.325 e. The van der Waals surface area contributed by atoms with Crippen LogP contribution in [0, 0.1) is 18.6 Å². The fourth-order valence-electron chi connectivity index (χ4n) is 1.88. The van der Waals surface area contributed by atoms with Crippen LogP contribution in [0.2, 0.25) is 0 Å². The number of nitrogens with one attached hydrogen (secondary N) is 2. The molecule has 0 atom stereocenters. The van der Waals surface area contributed by atoms with E-state index in [9.17, 15) is 13.6 Å². The molecule has 2 rings (SSSR count). The van der Waals surface area contributed by atoms with Crippen molar-refractivity contribution in [2.24, 2.45) is 0 Å². The lowest BCUT2D eigenvalue weighted by molar-refractivity contribution is -0.115. The number of halogens is 2. The summed E-state index contributed by atoms with van der Waals surface area (Å²) >= 11 is 0. The molecule has 0 spiro atoms. The Morgan fingerprint density at radius 3 is 2.57 bits per heavy atom. The highest BCUT2D eigenvalue weighted by atomic mass is 19.2. The molecule has 0 aromatic heterocycles. The van der Waals surface area contributed by atoms with Gasteiger partial charge in [0.2, 0.25) is 5.91 Å². The van der Waals surface area contributed by atoms with Gasteiger partial charge in [0.05, 0.1) is 6.54 Å². The summed E-state index contributed by atoms with van der Waals surface area (Å²) in [6, 6.07) is 11.1. The number of aryl methyl sites for hydroxylation is 1. The van der Waals surface area contributed by atoms with Crippen LogP contribution in [0.4, 0.5) is 14.5 Å². The molecule has 1 amide bonds. The Hall–Kier alpha value is -2.27. The van der Waals surface area contributed by atoms with Crippen molar-refractivity contribution in [2.45, 2.75) is 13.5 Å². The van der Waals surface area contributed by atoms with E-state index in [1.165, 1.54) is 6.07 Å². The summed E-state index contributed by atoms with van der Waals surface area (Å²) in [6.07, 6.45) is 0. The lowest BCUT2D eigenvalue weighted by atomic mass is 10.2. The van der Waals surface area contributed by atoms with Crippen LogP contribution in [0.1, 0.15) is 11.1 Å². The number of para-hydroxylation sites is 1. The molecule has 3 nitrogen and oxygen atoms in total. The number of carbonyl (C=O) groups is 1. The van der Waals surface area contributed by atoms with Gasteiger partial charge in [0, 0.05) is 12.2 Å². The first-order valence-corrected chi connectivity index (χ1v) is 6.56. The van der Waals surface area contributed by atoms with Gasteiger partial charge < -0.3 is 10.6 Å². The lowest BCUT2D eigenvalue weighted by Gasteiger charge is -2.09. The summed E-state index contributed by atoms with van der Waals surface area (Å²) in [6.45, 7) is 2.29. The van der Waals surface area contributed by atoms with Crippen LogP contribution in [-0.4, -0.2) is 12.5 Å². The number of anilines is 1. The van der Waals surface area contributed by atoms with Gasteiger partial charge in [0.25, 0.3) is 0 Å². The first kappa shape index (κ1) is 15.1. The molecule has 21 heavy (non-hydrogen) atoms. The third-order valence-corrected chi connectivity index (χ3v) is 3.02. The van der Waals surface area contributed by atoms with Crippen molar-refractivity contribution in [3.63, 3.8) is 0 Å². The van der Waals surface area contributed by atoms with Crippen LogP contribution in [0.5, 0.6) is 0 Å². The third-order valence-electron chi connectivity index (χ3n) is 3.02. The lowest BCUT2D eigenvalue weighted by Crippen LogP contribution is -2.28. The smallest absolute Gasteiger partial charge is 0.238 e. The molecule has 0 unspecified atom stereocenters. The second-order valence-corrected chi connectivity index (χ2v) is 4.72. The molecule has 0 saturated carbocycles. The zero-order valence-corrected chi connectivity index (χ0v) is 11.6. The van der Waals surface area contributed by atoms with Crippen molar-refractivity contribution in [1.29, 1.82) is 0 Å². The SMILES string of the molecule is Cc1ccccc1NC(=O)CNCc1ccc(F)c(F)c1. The average molecular weight is 290 g/mol. The highest BCUT2D eigenvalue weighted by molar-refractivity contribution is 5.92. The summed E-state index contributed by atoms with van der Waals surface area (Å²) in [5.41, 5.74) is 2.32. The molecule has 110 valence electrons. The van der Waals surface area contributed by atoms with Gasteiger partial charge in [-0.25, -0.2) is 8.78 Å². The van der Waals surface area contributed by atoms with E-state index in [0.29, 0.717) is 12.1 Å².